The van der Waals surface area contributed by atoms with Crippen molar-refractivity contribution in [2.24, 2.45) is 0 Å². The normalized spacial score (nSPS) is 12.5. The minimum atomic E-state index is -0.425. The van der Waals surface area contributed by atoms with Crippen molar-refractivity contribution in [1.82, 2.24) is 4.98 Å². The van der Waals surface area contributed by atoms with E-state index in [-0.39, 0.29) is 11.3 Å². The Bertz CT molecular complexity index is 329. The summed E-state index contributed by atoms with van der Waals surface area (Å²) in [5, 5.41) is 0.199. The number of aromatic nitrogens is 1. The van der Waals surface area contributed by atoms with Crippen molar-refractivity contribution in [3.8, 4) is 0 Å². The Labute approximate surface area is 97.2 Å². The predicted molar refractivity (Wildman–Crippen MR) is 58.5 cm³/mol. The van der Waals surface area contributed by atoms with E-state index < -0.39 is 5.97 Å². The number of esters is 1. The number of carbonyl (C=O) groups is 1. The quantitative estimate of drug-likeness (QED) is 0.752. The van der Waals surface area contributed by atoms with Gasteiger partial charge in [-0.15, -0.1) is 11.3 Å². The van der Waals surface area contributed by atoms with Gasteiger partial charge in [-0.3, -0.25) is 0 Å². The minimum absolute atomic E-state index is 0.0785. The topological polar surface area (TPSA) is 48.4 Å². The average molecular weight is 250 g/mol. The van der Waals surface area contributed by atoms with Gasteiger partial charge in [-0.25, -0.2) is 9.78 Å². The molecule has 0 amide bonds. The molecule has 1 atom stereocenters. The second-order valence-electron chi connectivity index (χ2n) is 2.94. The van der Waals surface area contributed by atoms with Crippen LogP contribution in [0.1, 0.15) is 23.0 Å². The molecule has 0 spiro atoms. The van der Waals surface area contributed by atoms with Crippen molar-refractivity contribution in [2.75, 3.05) is 13.7 Å². The molecule has 0 aromatic carbocycles. The van der Waals surface area contributed by atoms with Crippen molar-refractivity contribution in [3.63, 3.8) is 0 Å². The number of hydrogen-bond donors (Lipinski definition) is 0. The summed E-state index contributed by atoms with van der Waals surface area (Å²) in [6, 6.07) is 0. The second-order valence-corrected chi connectivity index (χ2v) is 4.16. The number of halogens is 1. The van der Waals surface area contributed by atoms with Crippen LogP contribution in [0.15, 0.2) is 5.51 Å². The van der Waals surface area contributed by atoms with Crippen molar-refractivity contribution in [3.05, 3.63) is 15.5 Å². The van der Waals surface area contributed by atoms with E-state index in [9.17, 15) is 4.79 Å². The first-order valence-electron chi connectivity index (χ1n) is 4.44. The van der Waals surface area contributed by atoms with Crippen LogP contribution in [0.4, 0.5) is 0 Å². The maximum Gasteiger partial charge on any atom is 0.351 e. The minimum Gasteiger partial charge on any atom is -0.461 e. The molecule has 15 heavy (non-hydrogen) atoms. The molecular formula is C9H12ClNO3S. The fourth-order valence-corrected chi connectivity index (χ4v) is 1.75. The Morgan fingerprint density at radius 3 is 3.00 bits per heavy atom. The zero-order valence-corrected chi connectivity index (χ0v) is 10.1. The highest BCUT2D eigenvalue weighted by molar-refractivity contribution is 7.12. The van der Waals surface area contributed by atoms with Gasteiger partial charge in [-0.2, -0.15) is 0 Å². The van der Waals surface area contributed by atoms with Crippen LogP contribution in [0.3, 0.4) is 0 Å². The molecule has 0 saturated carbocycles. The zero-order chi connectivity index (χ0) is 11.3. The highest BCUT2D eigenvalue weighted by atomic mass is 35.5. The molecule has 0 aliphatic heterocycles. The van der Waals surface area contributed by atoms with E-state index in [1.165, 1.54) is 16.8 Å². The first-order chi connectivity index (χ1) is 7.15. The molecule has 0 aliphatic carbocycles. The lowest BCUT2D eigenvalue weighted by molar-refractivity contribution is 0.0396. The number of rotatable bonds is 5. The lowest BCUT2D eigenvalue weighted by Crippen LogP contribution is -2.12. The molecule has 0 N–H and O–H groups in total. The molecule has 6 heteroatoms. The fraction of sp³-hybridized carbons (Fsp3) is 0.556. The Balaban J connectivity index is 2.34. The monoisotopic (exact) mass is 249 g/mol. The zero-order valence-electron chi connectivity index (χ0n) is 8.53. The van der Waals surface area contributed by atoms with Crippen molar-refractivity contribution in [2.45, 2.75) is 19.4 Å². The van der Waals surface area contributed by atoms with Gasteiger partial charge in [0.1, 0.15) is 0 Å². The van der Waals surface area contributed by atoms with Gasteiger partial charge in [0.15, 0.2) is 10.0 Å². The van der Waals surface area contributed by atoms with E-state index in [1.54, 1.807) is 7.11 Å². The first-order valence-corrected chi connectivity index (χ1v) is 5.69. The third-order valence-corrected chi connectivity index (χ3v) is 3.07. The van der Waals surface area contributed by atoms with Gasteiger partial charge in [0.05, 0.1) is 18.2 Å². The molecule has 0 bridgehead atoms. The van der Waals surface area contributed by atoms with Crippen LogP contribution in [0.25, 0.3) is 0 Å². The molecule has 1 rings (SSSR count). The fourth-order valence-electron chi connectivity index (χ4n) is 0.866. The number of ether oxygens (including phenoxy) is 2. The molecule has 1 aromatic heterocycles. The summed E-state index contributed by atoms with van der Waals surface area (Å²) in [6.45, 7) is 2.23. The molecule has 0 radical (unpaired) electrons. The lowest BCUT2D eigenvalue weighted by Gasteiger charge is -2.08. The van der Waals surface area contributed by atoms with E-state index in [2.05, 4.69) is 4.98 Å². The van der Waals surface area contributed by atoms with Crippen LogP contribution in [-0.4, -0.2) is 30.8 Å². The van der Waals surface area contributed by atoms with E-state index >= 15 is 0 Å². The maximum absolute atomic E-state index is 11.4. The summed E-state index contributed by atoms with van der Waals surface area (Å²) in [6.07, 6.45) is 0.744. The molecular weight excluding hydrogens is 238 g/mol. The van der Waals surface area contributed by atoms with Gasteiger partial charge in [-0.1, -0.05) is 11.6 Å². The summed E-state index contributed by atoms with van der Waals surface area (Å²) in [5.74, 6) is -0.425. The second kappa shape index (κ2) is 6.05. The van der Waals surface area contributed by atoms with Gasteiger partial charge in [0.25, 0.3) is 0 Å². The highest BCUT2D eigenvalue weighted by Gasteiger charge is 2.14. The molecule has 1 heterocycles. The SMILES string of the molecule is COC(C)CCOC(=O)c1scnc1Cl. The summed E-state index contributed by atoms with van der Waals surface area (Å²) < 4.78 is 10.0. The van der Waals surface area contributed by atoms with Crippen LogP contribution in [0.5, 0.6) is 0 Å². The lowest BCUT2D eigenvalue weighted by atomic mass is 10.3. The van der Waals surface area contributed by atoms with Crippen LogP contribution >= 0.6 is 22.9 Å². The van der Waals surface area contributed by atoms with Crippen molar-refractivity contribution >= 4 is 28.9 Å². The smallest absolute Gasteiger partial charge is 0.351 e. The van der Waals surface area contributed by atoms with Gasteiger partial charge in [0.2, 0.25) is 0 Å². The number of methoxy groups -OCH3 is 1. The molecule has 1 aromatic rings. The van der Waals surface area contributed by atoms with E-state index in [4.69, 9.17) is 21.1 Å². The first kappa shape index (κ1) is 12.4. The van der Waals surface area contributed by atoms with Crippen molar-refractivity contribution < 1.29 is 14.3 Å². The third-order valence-electron chi connectivity index (χ3n) is 1.87. The van der Waals surface area contributed by atoms with Crippen LogP contribution in [0.2, 0.25) is 5.15 Å². The molecule has 0 saturated heterocycles. The van der Waals surface area contributed by atoms with Gasteiger partial charge >= 0.3 is 5.97 Å². The van der Waals surface area contributed by atoms with Crippen LogP contribution in [-0.2, 0) is 9.47 Å². The number of thiazole rings is 1. The van der Waals surface area contributed by atoms with Crippen molar-refractivity contribution in [1.29, 1.82) is 0 Å². The maximum atomic E-state index is 11.4. The van der Waals surface area contributed by atoms with E-state index in [1.807, 2.05) is 6.92 Å². The van der Waals surface area contributed by atoms with E-state index in [0.717, 1.165) is 0 Å². The summed E-state index contributed by atoms with van der Waals surface area (Å²) in [5.41, 5.74) is 1.51. The van der Waals surface area contributed by atoms with Gasteiger partial charge in [-0.05, 0) is 6.92 Å². The Kier molecular flexibility index (Phi) is 5.01. The standard InChI is InChI=1S/C9H12ClNO3S/c1-6(13-2)3-4-14-9(12)7-8(10)11-5-15-7/h5-6H,3-4H2,1-2H3. The predicted octanol–water partition coefficient (Wildman–Crippen LogP) is 2.38. The van der Waals surface area contributed by atoms with Crippen LogP contribution < -0.4 is 0 Å². The van der Waals surface area contributed by atoms with E-state index in [0.29, 0.717) is 17.9 Å². The Hall–Kier alpha value is -0.650. The summed E-state index contributed by atoms with van der Waals surface area (Å²) in [4.78, 5) is 15.5. The number of hydrogen-bond acceptors (Lipinski definition) is 5. The highest BCUT2D eigenvalue weighted by Crippen LogP contribution is 2.19. The largest absolute Gasteiger partial charge is 0.461 e. The number of nitrogens with zero attached hydrogens (tertiary/aromatic N) is 1. The van der Waals surface area contributed by atoms with Crippen LogP contribution in [0, 0.1) is 0 Å². The third kappa shape index (κ3) is 3.77. The Morgan fingerprint density at radius 2 is 2.47 bits per heavy atom. The molecule has 1 unspecified atom stereocenters. The molecule has 0 fully saturated rings. The summed E-state index contributed by atoms with van der Waals surface area (Å²) >= 11 is 6.85. The molecule has 84 valence electrons. The molecule has 0 aliphatic rings. The number of carbonyl (C=O) groups excluding carboxylic acids is 1. The Morgan fingerprint density at radius 1 is 1.73 bits per heavy atom. The average Bonchev–Trinajstić information content (AvgIpc) is 2.64. The van der Waals surface area contributed by atoms with Gasteiger partial charge in [0, 0.05) is 13.5 Å². The molecule has 4 nitrogen and oxygen atoms in total. The van der Waals surface area contributed by atoms with Gasteiger partial charge < -0.3 is 9.47 Å². The summed E-state index contributed by atoms with van der Waals surface area (Å²) in [7, 11) is 1.62.